The van der Waals surface area contributed by atoms with Gasteiger partial charge in [-0.3, -0.25) is 0 Å². The van der Waals surface area contributed by atoms with E-state index in [1.165, 1.54) is 6.07 Å². The number of phenolic OH excluding ortho intramolecular Hbond substituents is 1. The van der Waals surface area contributed by atoms with E-state index in [0.717, 1.165) is 0 Å². The topological polar surface area (TPSA) is 81.8 Å². The summed E-state index contributed by atoms with van der Waals surface area (Å²) in [4.78, 5) is 11.0. The van der Waals surface area contributed by atoms with Gasteiger partial charge in [-0.1, -0.05) is 6.58 Å². The smallest absolute Gasteiger partial charge is 0.333 e. The van der Waals surface area contributed by atoms with Crippen LogP contribution in [0.5, 0.6) is 11.5 Å². The maximum Gasteiger partial charge on any atom is 0.333 e. The molecule has 0 fully saturated rings. The molecule has 0 saturated carbocycles. The van der Waals surface area contributed by atoms with Crippen molar-refractivity contribution in [3.05, 3.63) is 30.4 Å². The Kier molecular flexibility index (Phi) is 5.05. The van der Waals surface area contributed by atoms with Gasteiger partial charge >= 0.3 is 5.97 Å². The molecule has 0 aliphatic rings. The second kappa shape index (κ2) is 6.54. The maximum absolute atomic E-state index is 11.0. The number of anilines is 1. The van der Waals surface area contributed by atoms with Gasteiger partial charge in [0.2, 0.25) is 0 Å². The molecule has 3 N–H and O–H groups in total. The SMILES string of the molecule is C=C(C)C(=O)OCCCOc1ccc(N)c(O)c1. The highest BCUT2D eigenvalue weighted by Crippen LogP contribution is 2.25. The van der Waals surface area contributed by atoms with E-state index in [2.05, 4.69) is 6.58 Å². The summed E-state index contributed by atoms with van der Waals surface area (Å²) in [5, 5.41) is 9.35. The van der Waals surface area contributed by atoms with E-state index in [1.807, 2.05) is 0 Å². The van der Waals surface area contributed by atoms with Crippen molar-refractivity contribution in [2.75, 3.05) is 18.9 Å². The third kappa shape index (κ3) is 4.37. The van der Waals surface area contributed by atoms with Crippen LogP contribution in [0.2, 0.25) is 0 Å². The Hall–Kier alpha value is -2.17. The monoisotopic (exact) mass is 251 g/mol. The van der Waals surface area contributed by atoms with Crippen molar-refractivity contribution in [3.63, 3.8) is 0 Å². The fraction of sp³-hybridized carbons (Fsp3) is 0.308. The van der Waals surface area contributed by atoms with E-state index >= 15 is 0 Å². The van der Waals surface area contributed by atoms with Crippen molar-refractivity contribution in [2.45, 2.75) is 13.3 Å². The molecule has 0 aliphatic heterocycles. The number of benzene rings is 1. The Morgan fingerprint density at radius 3 is 2.78 bits per heavy atom. The van der Waals surface area contributed by atoms with Crippen LogP contribution in [0.25, 0.3) is 0 Å². The highest BCUT2D eigenvalue weighted by atomic mass is 16.5. The summed E-state index contributed by atoms with van der Waals surface area (Å²) >= 11 is 0. The summed E-state index contributed by atoms with van der Waals surface area (Å²) in [6, 6.07) is 4.66. The lowest BCUT2D eigenvalue weighted by Gasteiger charge is -2.08. The molecule has 18 heavy (non-hydrogen) atoms. The first-order chi connectivity index (χ1) is 8.50. The Labute approximate surface area is 106 Å². The number of esters is 1. The molecule has 5 heteroatoms. The first kappa shape index (κ1) is 13.9. The molecule has 0 unspecified atom stereocenters. The van der Waals surface area contributed by atoms with Gasteiger partial charge in [0.05, 0.1) is 18.9 Å². The van der Waals surface area contributed by atoms with Crippen LogP contribution < -0.4 is 10.5 Å². The number of carbonyl (C=O) groups is 1. The van der Waals surface area contributed by atoms with Crippen LogP contribution >= 0.6 is 0 Å². The molecular weight excluding hydrogens is 234 g/mol. The molecule has 5 nitrogen and oxygen atoms in total. The summed E-state index contributed by atoms with van der Waals surface area (Å²) < 4.78 is 10.3. The third-order valence-corrected chi connectivity index (χ3v) is 2.14. The molecule has 1 rings (SSSR count). The van der Waals surface area contributed by atoms with Gasteiger partial charge in [0.1, 0.15) is 11.5 Å². The van der Waals surface area contributed by atoms with Crippen molar-refractivity contribution in [1.29, 1.82) is 0 Å². The van der Waals surface area contributed by atoms with E-state index in [0.29, 0.717) is 30.0 Å². The average Bonchev–Trinajstić information content (AvgIpc) is 2.32. The molecular formula is C13H17NO4. The number of ether oxygens (including phenoxy) is 2. The van der Waals surface area contributed by atoms with E-state index in [1.54, 1.807) is 19.1 Å². The average molecular weight is 251 g/mol. The largest absolute Gasteiger partial charge is 0.506 e. The molecule has 0 amide bonds. The standard InChI is InChI=1S/C13H17NO4/c1-9(2)13(16)18-7-3-6-17-10-4-5-11(14)12(15)8-10/h4-5,8,15H,1,3,6-7,14H2,2H3. The predicted molar refractivity (Wildman–Crippen MR) is 68.4 cm³/mol. The summed E-state index contributed by atoms with van der Waals surface area (Å²) in [5.74, 6) is 0.106. The van der Waals surface area contributed by atoms with Gasteiger partial charge in [0, 0.05) is 18.1 Å². The zero-order valence-electron chi connectivity index (χ0n) is 10.3. The Morgan fingerprint density at radius 2 is 2.17 bits per heavy atom. The van der Waals surface area contributed by atoms with Gasteiger partial charge in [-0.15, -0.1) is 0 Å². The maximum atomic E-state index is 11.0. The number of nitrogens with two attached hydrogens (primary N) is 1. The number of nitrogen functional groups attached to an aromatic ring is 1. The summed E-state index contributed by atoms with van der Waals surface area (Å²) in [6.07, 6.45) is 0.560. The van der Waals surface area contributed by atoms with Gasteiger partial charge in [-0.25, -0.2) is 4.79 Å². The van der Waals surface area contributed by atoms with Crippen molar-refractivity contribution < 1.29 is 19.4 Å². The Balaban J connectivity index is 2.24. The number of aromatic hydroxyl groups is 1. The third-order valence-electron chi connectivity index (χ3n) is 2.14. The number of hydrogen-bond donors (Lipinski definition) is 2. The van der Waals surface area contributed by atoms with Crippen LogP contribution in [-0.4, -0.2) is 24.3 Å². The van der Waals surface area contributed by atoms with Gasteiger partial charge < -0.3 is 20.3 Å². The van der Waals surface area contributed by atoms with Gasteiger partial charge in [0.25, 0.3) is 0 Å². The van der Waals surface area contributed by atoms with E-state index < -0.39 is 5.97 Å². The van der Waals surface area contributed by atoms with Gasteiger partial charge in [0.15, 0.2) is 0 Å². The van der Waals surface area contributed by atoms with Crippen molar-refractivity contribution in [1.82, 2.24) is 0 Å². The highest BCUT2D eigenvalue weighted by Gasteiger charge is 2.03. The fourth-order valence-corrected chi connectivity index (χ4v) is 1.15. The fourth-order valence-electron chi connectivity index (χ4n) is 1.15. The lowest BCUT2D eigenvalue weighted by atomic mass is 10.3. The van der Waals surface area contributed by atoms with Crippen LogP contribution in [0.15, 0.2) is 30.4 Å². The summed E-state index contributed by atoms with van der Waals surface area (Å²) in [6.45, 7) is 5.72. The number of rotatable bonds is 6. The molecule has 1 aromatic rings. The van der Waals surface area contributed by atoms with E-state index in [9.17, 15) is 9.90 Å². The Morgan fingerprint density at radius 1 is 1.44 bits per heavy atom. The van der Waals surface area contributed by atoms with Crippen molar-refractivity contribution >= 4 is 11.7 Å². The van der Waals surface area contributed by atoms with Crippen molar-refractivity contribution in [3.8, 4) is 11.5 Å². The highest BCUT2D eigenvalue weighted by molar-refractivity contribution is 5.86. The summed E-state index contributed by atoms with van der Waals surface area (Å²) in [5.41, 5.74) is 6.13. The molecule has 0 spiro atoms. The van der Waals surface area contributed by atoms with E-state index in [4.69, 9.17) is 15.2 Å². The molecule has 98 valence electrons. The first-order valence-corrected chi connectivity index (χ1v) is 5.54. The second-order valence-electron chi connectivity index (χ2n) is 3.84. The minimum absolute atomic E-state index is 0.0128. The van der Waals surface area contributed by atoms with Crippen LogP contribution in [-0.2, 0) is 9.53 Å². The molecule has 0 aliphatic carbocycles. The molecule has 0 aromatic heterocycles. The minimum Gasteiger partial charge on any atom is -0.506 e. The zero-order chi connectivity index (χ0) is 13.5. The molecule has 0 bridgehead atoms. The second-order valence-corrected chi connectivity index (χ2v) is 3.84. The molecule has 0 atom stereocenters. The first-order valence-electron chi connectivity index (χ1n) is 5.54. The van der Waals surface area contributed by atoms with Crippen LogP contribution in [0.3, 0.4) is 0 Å². The van der Waals surface area contributed by atoms with E-state index in [-0.39, 0.29) is 12.4 Å². The van der Waals surface area contributed by atoms with Crippen LogP contribution in [0, 0.1) is 0 Å². The molecule has 0 heterocycles. The normalized spacial score (nSPS) is 9.83. The minimum atomic E-state index is -0.403. The quantitative estimate of drug-likeness (QED) is 0.265. The number of carbonyl (C=O) groups excluding carboxylic acids is 1. The van der Waals surface area contributed by atoms with Gasteiger partial charge in [-0.05, 0) is 19.1 Å². The van der Waals surface area contributed by atoms with Crippen LogP contribution in [0.1, 0.15) is 13.3 Å². The van der Waals surface area contributed by atoms with Crippen molar-refractivity contribution in [2.24, 2.45) is 0 Å². The molecule has 0 radical (unpaired) electrons. The molecule has 0 saturated heterocycles. The Bertz CT molecular complexity index is 443. The predicted octanol–water partition coefficient (Wildman–Crippen LogP) is 1.86. The zero-order valence-corrected chi connectivity index (χ0v) is 10.3. The number of phenols is 1. The molecule has 1 aromatic carbocycles. The lowest BCUT2D eigenvalue weighted by Crippen LogP contribution is -2.09. The van der Waals surface area contributed by atoms with Gasteiger partial charge in [-0.2, -0.15) is 0 Å². The lowest BCUT2D eigenvalue weighted by molar-refractivity contribution is -0.139. The number of hydrogen-bond acceptors (Lipinski definition) is 5. The summed E-state index contributed by atoms with van der Waals surface area (Å²) in [7, 11) is 0. The van der Waals surface area contributed by atoms with Crippen LogP contribution in [0.4, 0.5) is 5.69 Å².